The number of hydrogen-bond donors (Lipinski definition) is 2. The largest absolute Gasteiger partial charge is 0.325 e. The molecule has 8 nitrogen and oxygen atoms in total. The molecule has 0 bridgehead atoms. The van der Waals surface area contributed by atoms with Crippen LogP contribution >= 0.6 is 0 Å². The Morgan fingerprint density at radius 2 is 1.42 bits per heavy atom. The molecule has 0 saturated carbocycles. The number of carbonyl (C=O) groups excluding carboxylic acids is 1. The van der Waals surface area contributed by atoms with Gasteiger partial charge in [0.1, 0.15) is 0 Å². The van der Waals surface area contributed by atoms with Crippen LogP contribution in [0, 0.1) is 0 Å². The molecular weight excluding hydrogens is 462 g/mol. The highest BCUT2D eigenvalue weighted by Crippen LogP contribution is 2.22. The molecule has 0 radical (unpaired) electrons. The van der Waals surface area contributed by atoms with E-state index in [1.54, 1.807) is 40.7 Å². The number of sulfone groups is 1. The summed E-state index contributed by atoms with van der Waals surface area (Å²) in [6, 6.07) is 12.6. The van der Waals surface area contributed by atoms with Crippen LogP contribution in [-0.4, -0.2) is 52.9 Å². The molecule has 1 unspecified atom stereocenters. The number of nitrogens with zero attached hydrogens (tertiary/aromatic N) is 1. The second-order valence-corrected chi connectivity index (χ2v) is 12.3. The predicted molar refractivity (Wildman–Crippen MR) is 128 cm³/mol. The lowest BCUT2D eigenvalue weighted by Gasteiger charge is -2.20. The highest BCUT2D eigenvalue weighted by molar-refractivity contribution is 7.90. The maximum atomic E-state index is 12.9. The molecule has 1 aliphatic heterocycles. The summed E-state index contributed by atoms with van der Waals surface area (Å²) in [5, 5.41) is 5.85. The minimum absolute atomic E-state index is 0.0445. The standard InChI is InChI=1S/C23H31N3O5S2/c1-18(19-7-11-21(12-8-19)32(2,28)29)24-17-23(27)25-20-9-13-22(14-10-20)33(30,31)26-15-5-3-4-6-16-26/h7-14,18,24H,3-6,15-17H2,1-2H3,(H,25,27). The Morgan fingerprint density at radius 3 is 1.97 bits per heavy atom. The van der Waals surface area contributed by atoms with Gasteiger partial charge < -0.3 is 10.6 Å². The third-order valence-corrected chi connectivity index (χ3v) is 8.76. The second-order valence-electron chi connectivity index (χ2n) is 8.33. The first-order valence-electron chi connectivity index (χ1n) is 11.0. The Morgan fingerprint density at radius 1 is 0.879 bits per heavy atom. The van der Waals surface area contributed by atoms with Crippen molar-refractivity contribution in [1.29, 1.82) is 0 Å². The first-order chi connectivity index (χ1) is 15.6. The van der Waals surface area contributed by atoms with Gasteiger partial charge in [0.25, 0.3) is 0 Å². The number of carbonyl (C=O) groups is 1. The van der Waals surface area contributed by atoms with Gasteiger partial charge in [-0.05, 0) is 61.7 Å². The van der Waals surface area contributed by atoms with Crippen LogP contribution in [0.15, 0.2) is 58.3 Å². The van der Waals surface area contributed by atoms with Gasteiger partial charge in [-0.1, -0.05) is 25.0 Å². The van der Waals surface area contributed by atoms with Gasteiger partial charge in [-0.3, -0.25) is 4.79 Å². The number of nitrogens with one attached hydrogen (secondary N) is 2. The van der Waals surface area contributed by atoms with Gasteiger partial charge in [0.15, 0.2) is 9.84 Å². The summed E-state index contributed by atoms with van der Waals surface area (Å²) >= 11 is 0. The van der Waals surface area contributed by atoms with Gasteiger partial charge in [-0.2, -0.15) is 4.31 Å². The van der Waals surface area contributed by atoms with Gasteiger partial charge in [-0.25, -0.2) is 16.8 Å². The molecule has 0 spiro atoms. The van der Waals surface area contributed by atoms with Gasteiger partial charge >= 0.3 is 0 Å². The highest BCUT2D eigenvalue weighted by Gasteiger charge is 2.25. The second kappa shape index (κ2) is 10.8. The molecule has 2 N–H and O–H groups in total. The summed E-state index contributed by atoms with van der Waals surface area (Å²) < 4.78 is 50.4. The third kappa shape index (κ3) is 6.86. The van der Waals surface area contributed by atoms with Crippen molar-refractivity contribution in [3.63, 3.8) is 0 Å². The van der Waals surface area contributed by atoms with Crippen LogP contribution in [0.3, 0.4) is 0 Å². The highest BCUT2D eigenvalue weighted by atomic mass is 32.2. The average Bonchev–Trinajstić information content (AvgIpc) is 3.08. The normalized spacial score (nSPS) is 16.7. The monoisotopic (exact) mass is 493 g/mol. The van der Waals surface area contributed by atoms with Gasteiger partial charge in [0, 0.05) is 31.1 Å². The quantitative estimate of drug-likeness (QED) is 0.585. The lowest BCUT2D eigenvalue weighted by molar-refractivity contribution is -0.115. The summed E-state index contributed by atoms with van der Waals surface area (Å²) in [6.45, 7) is 3.01. The van der Waals surface area contributed by atoms with Crippen molar-refractivity contribution >= 4 is 31.5 Å². The zero-order chi connectivity index (χ0) is 24.1. The molecule has 1 heterocycles. The molecule has 2 aromatic rings. The number of amides is 1. The SMILES string of the molecule is CC(NCC(=O)Nc1ccc(S(=O)(=O)N2CCCCCC2)cc1)c1ccc(S(C)(=O)=O)cc1. The first kappa shape index (κ1) is 25.4. The predicted octanol–water partition coefficient (Wildman–Crippen LogP) is 2.94. The Kier molecular flexibility index (Phi) is 8.28. The summed E-state index contributed by atoms with van der Waals surface area (Å²) in [5.74, 6) is -0.266. The Balaban J connectivity index is 1.54. The fourth-order valence-electron chi connectivity index (χ4n) is 3.71. The zero-order valence-electron chi connectivity index (χ0n) is 19.0. The molecule has 0 aromatic heterocycles. The molecule has 10 heteroatoms. The number of rotatable bonds is 8. The van der Waals surface area contributed by atoms with Crippen LogP contribution in [0.5, 0.6) is 0 Å². The van der Waals surface area contributed by atoms with Crippen molar-refractivity contribution in [2.24, 2.45) is 0 Å². The van der Waals surface area contributed by atoms with Crippen molar-refractivity contribution in [1.82, 2.24) is 9.62 Å². The molecule has 1 saturated heterocycles. The van der Waals surface area contributed by atoms with E-state index in [2.05, 4.69) is 10.6 Å². The van der Waals surface area contributed by atoms with E-state index in [4.69, 9.17) is 0 Å². The number of benzene rings is 2. The number of sulfonamides is 1. The van der Waals surface area contributed by atoms with Crippen LogP contribution in [0.25, 0.3) is 0 Å². The van der Waals surface area contributed by atoms with E-state index in [1.807, 2.05) is 6.92 Å². The molecule has 180 valence electrons. The van der Waals surface area contributed by atoms with Crippen molar-refractivity contribution in [2.45, 2.75) is 48.4 Å². The maximum Gasteiger partial charge on any atom is 0.243 e. The molecule has 0 aliphatic carbocycles. The Bertz CT molecular complexity index is 1150. The first-order valence-corrected chi connectivity index (χ1v) is 14.3. The summed E-state index contributed by atoms with van der Waals surface area (Å²) in [4.78, 5) is 12.8. The summed E-state index contributed by atoms with van der Waals surface area (Å²) in [5.41, 5.74) is 1.38. The third-order valence-electron chi connectivity index (χ3n) is 5.72. The molecule has 33 heavy (non-hydrogen) atoms. The van der Waals surface area contributed by atoms with Crippen LogP contribution in [-0.2, 0) is 24.7 Å². The van der Waals surface area contributed by atoms with Gasteiger partial charge in [0.05, 0.1) is 16.3 Å². The van der Waals surface area contributed by atoms with E-state index in [0.29, 0.717) is 18.8 Å². The molecule has 2 aromatic carbocycles. The van der Waals surface area contributed by atoms with E-state index in [0.717, 1.165) is 37.5 Å². The van der Waals surface area contributed by atoms with E-state index in [9.17, 15) is 21.6 Å². The lowest BCUT2D eigenvalue weighted by atomic mass is 10.1. The minimum Gasteiger partial charge on any atom is -0.325 e. The van der Waals surface area contributed by atoms with Crippen molar-refractivity contribution in [2.75, 3.05) is 31.2 Å². The molecule has 1 atom stereocenters. The lowest BCUT2D eigenvalue weighted by Crippen LogP contribution is -2.32. The Labute approximate surface area is 196 Å². The number of hydrogen-bond acceptors (Lipinski definition) is 6. The Hall–Kier alpha value is -2.27. The average molecular weight is 494 g/mol. The van der Waals surface area contributed by atoms with Crippen LogP contribution in [0.2, 0.25) is 0 Å². The fraction of sp³-hybridized carbons (Fsp3) is 0.435. The van der Waals surface area contributed by atoms with E-state index in [-0.39, 0.29) is 28.3 Å². The van der Waals surface area contributed by atoms with Crippen molar-refractivity contribution in [3.8, 4) is 0 Å². The number of anilines is 1. The zero-order valence-corrected chi connectivity index (χ0v) is 20.6. The van der Waals surface area contributed by atoms with Crippen molar-refractivity contribution in [3.05, 3.63) is 54.1 Å². The van der Waals surface area contributed by atoms with E-state index in [1.165, 1.54) is 12.1 Å². The van der Waals surface area contributed by atoms with Crippen LogP contribution < -0.4 is 10.6 Å². The van der Waals surface area contributed by atoms with Crippen LogP contribution in [0.4, 0.5) is 5.69 Å². The van der Waals surface area contributed by atoms with Crippen LogP contribution in [0.1, 0.15) is 44.2 Å². The van der Waals surface area contributed by atoms with E-state index >= 15 is 0 Å². The fourth-order valence-corrected chi connectivity index (χ4v) is 5.86. The smallest absolute Gasteiger partial charge is 0.243 e. The topological polar surface area (TPSA) is 113 Å². The summed E-state index contributed by atoms with van der Waals surface area (Å²) in [7, 11) is -6.78. The molecular formula is C23H31N3O5S2. The van der Waals surface area contributed by atoms with Crippen molar-refractivity contribution < 1.29 is 21.6 Å². The molecule has 1 amide bonds. The maximum absolute atomic E-state index is 12.9. The van der Waals surface area contributed by atoms with Gasteiger partial charge in [-0.15, -0.1) is 0 Å². The van der Waals surface area contributed by atoms with Gasteiger partial charge in [0.2, 0.25) is 15.9 Å². The molecule has 1 fully saturated rings. The van der Waals surface area contributed by atoms with E-state index < -0.39 is 19.9 Å². The molecule has 1 aliphatic rings. The molecule has 3 rings (SSSR count). The minimum atomic E-state index is -3.52. The summed E-state index contributed by atoms with van der Waals surface area (Å²) in [6.07, 6.45) is 5.01.